The summed E-state index contributed by atoms with van der Waals surface area (Å²) in [5.74, 6) is 0.603. The van der Waals surface area contributed by atoms with Gasteiger partial charge in [-0.1, -0.05) is 37.8 Å². The van der Waals surface area contributed by atoms with Gasteiger partial charge in [0.25, 0.3) is 0 Å². The van der Waals surface area contributed by atoms with E-state index in [4.69, 9.17) is 4.74 Å². The number of nitrogens with one attached hydrogen (secondary N) is 1. The minimum atomic E-state index is -4.70. The van der Waals surface area contributed by atoms with Gasteiger partial charge in [-0.25, -0.2) is 4.98 Å². The first kappa shape index (κ1) is 24.0. The van der Waals surface area contributed by atoms with Gasteiger partial charge in [0, 0.05) is 17.6 Å². The number of aromatic nitrogens is 1. The van der Waals surface area contributed by atoms with Gasteiger partial charge < -0.3 is 14.8 Å². The van der Waals surface area contributed by atoms with Crippen LogP contribution >= 0.6 is 11.3 Å². The van der Waals surface area contributed by atoms with Gasteiger partial charge in [-0.05, 0) is 56.8 Å². The van der Waals surface area contributed by atoms with Gasteiger partial charge in [0.2, 0.25) is 0 Å². The minimum Gasteiger partial charge on any atom is -0.406 e. The molecule has 2 aromatic rings. The lowest BCUT2D eigenvalue weighted by Crippen LogP contribution is -2.20. The summed E-state index contributed by atoms with van der Waals surface area (Å²) in [7, 11) is 0. The summed E-state index contributed by atoms with van der Waals surface area (Å²) in [6.07, 6.45) is 5.41. The third kappa shape index (κ3) is 9.17. The minimum absolute atomic E-state index is 0.242. The summed E-state index contributed by atoms with van der Waals surface area (Å²) in [6, 6.07) is 5.88. The molecule has 8 heteroatoms. The Morgan fingerprint density at radius 3 is 2.87 bits per heavy atom. The zero-order valence-corrected chi connectivity index (χ0v) is 18.6. The van der Waals surface area contributed by atoms with Crippen LogP contribution in [0.4, 0.5) is 13.2 Å². The van der Waals surface area contributed by atoms with E-state index in [9.17, 15) is 13.2 Å². The van der Waals surface area contributed by atoms with E-state index >= 15 is 0 Å². The van der Waals surface area contributed by atoms with E-state index in [2.05, 4.69) is 15.0 Å². The lowest BCUT2D eigenvalue weighted by atomic mass is 9.96. The zero-order chi connectivity index (χ0) is 21.9. The van der Waals surface area contributed by atoms with E-state index in [0.717, 1.165) is 18.0 Å². The standard InChI is InChI=1S/C23H31F3N2O2S/c24-23(25,26)30-21-11-7-10-19(14-21)22-28-20(17-31-22)16-29-13-6-2-1-3-8-18-9-4-5-12-27-15-18/h7,10-11,14,17-18,27H,1-6,8-9,12-13,15-16H2. The van der Waals surface area contributed by atoms with Gasteiger partial charge in [-0.15, -0.1) is 24.5 Å². The molecule has 0 aliphatic carbocycles. The van der Waals surface area contributed by atoms with Crippen LogP contribution < -0.4 is 10.1 Å². The Kier molecular flexibility index (Phi) is 9.61. The van der Waals surface area contributed by atoms with Crippen molar-refractivity contribution in [1.29, 1.82) is 0 Å². The van der Waals surface area contributed by atoms with E-state index in [0.29, 0.717) is 23.8 Å². The second-order valence-corrected chi connectivity index (χ2v) is 8.90. The molecule has 1 aromatic carbocycles. The number of benzene rings is 1. The van der Waals surface area contributed by atoms with Crippen molar-refractivity contribution >= 4 is 11.3 Å². The van der Waals surface area contributed by atoms with E-state index in [-0.39, 0.29) is 5.75 Å². The fourth-order valence-electron chi connectivity index (χ4n) is 3.84. The molecular formula is C23H31F3N2O2S. The predicted molar refractivity (Wildman–Crippen MR) is 117 cm³/mol. The average molecular weight is 457 g/mol. The average Bonchev–Trinajstić information content (AvgIpc) is 3.04. The molecule has 3 rings (SSSR count). The normalized spacial score (nSPS) is 17.5. The molecular weight excluding hydrogens is 425 g/mol. The van der Waals surface area contributed by atoms with E-state index in [1.165, 1.54) is 87.6 Å². The van der Waals surface area contributed by atoms with Gasteiger partial charge >= 0.3 is 6.36 Å². The number of hydrogen-bond acceptors (Lipinski definition) is 5. The topological polar surface area (TPSA) is 43.4 Å². The Hall–Kier alpha value is -1.64. The van der Waals surface area contributed by atoms with Crippen molar-refractivity contribution in [1.82, 2.24) is 10.3 Å². The summed E-state index contributed by atoms with van der Waals surface area (Å²) < 4.78 is 46.9. The van der Waals surface area contributed by atoms with E-state index < -0.39 is 6.36 Å². The summed E-state index contributed by atoms with van der Waals surface area (Å²) in [5, 5.41) is 6.06. The monoisotopic (exact) mass is 456 g/mol. The highest BCUT2D eigenvalue weighted by molar-refractivity contribution is 7.13. The molecule has 0 amide bonds. The van der Waals surface area contributed by atoms with Gasteiger partial charge in [0.1, 0.15) is 10.8 Å². The summed E-state index contributed by atoms with van der Waals surface area (Å²) >= 11 is 1.39. The Morgan fingerprint density at radius 2 is 2.00 bits per heavy atom. The van der Waals surface area contributed by atoms with Crippen LogP contribution in [0.15, 0.2) is 29.6 Å². The highest BCUT2D eigenvalue weighted by atomic mass is 32.1. The second-order valence-electron chi connectivity index (χ2n) is 8.04. The number of nitrogens with zero attached hydrogens (tertiary/aromatic N) is 1. The molecule has 2 heterocycles. The van der Waals surface area contributed by atoms with Crippen molar-refractivity contribution in [2.24, 2.45) is 5.92 Å². The molecule has 1 aromatic heterocycles. The first-order chi connectivity index (χ1) is 15.0. The van der Waals surface area contributed by atoms with Crippen LogP contribution in [0.1, 0.15) is 57.1 Å². The third-order valence-corrected chi connectivity index (χ3v) is 6.36. The van der Waals surface area contributed by atoms with Crippen LogP contribution in [-0.4, -0.2) is 31.0 Å². The SMILES string of the molecule is FC(F)(F)Oc1cccc(-c2nc(COCCCCCCC3CCCCNC3)cs2)c1. The summed E-state index contributed by atoms with van der Waals surface area (Å²) in [5.41, 5.74) is 1.39. The van der Waals surface area contributed by atoms with Crippen molar-refractivity contribution in [3.05, 3.63) is 35.3 Å². The Bertz CT molecular complexity index is 774. The fraction of sp³-hybridized carbons (Fsp3) is 0.609. The Labute approximate surface area is 186 Å². The Morgan fingerprint density at radius 1 is 1.13 bits per heavy atom. The largest absolute Gasteiger partial charge is 0.573 e. The molecule has 1 fully saturated rings. The van der Waals surface area contributed by atoms with Crippen LogP contribution in [0.3, 0.4) is 0 Å². The molecule has 0 radical (unpaired) electrons. The smallest absolute Gasteiger partial charge is 0.406 e. The first-order valence-electron chi connectivity index (χ1n) is 11.1. The van der Waals surface area contributed by atoms with Crippen LogP contribution in [-0.2, 0) is 11.3 Å². The molecule has 31 heavy (non-hydrogen) atoms. The summed E-state index contributed by atoms with van der Waals surface area (Å²) in [4.78, 5) is 4.48. The van der Waals surface area contributed by atoms with Crippen molar-refractivity contribution in [3.8, 4) is 16.3 Å². The van der Waals surface area contributed by atoms with Crippen molar-refractivity contribution in [3.63, 3.8) is 0 Å². The Balaban J connectivity index is 1.30. The fourth-order valence-corrected chi connectivity index (χ4v) is 4.64. The quantitative estimate of drug-likeness (QED) is 0.389. The zero-order valence-electron chi connectivity index (χ0n) is 17.8. The molecule has 1 unspecified atom stereocenters. The predicted octanol–water partition coefficient (Wildman–Crippen LogP) is 6.57. The number of alkyl halides is 3. The molecule has 1 aliphatic rings. The first-order valence-corrected chi connectivity index (χ1v) is 12.0. The number of halogens is 3. The molecule has 0 bridgehead atoms. The highest BCUT2D eigenvalue weighted by Gasteiger charge is 2.31. The van der Waals surface area contributed by atoms with Crippen molar-refractivity contribution in [2.45, 2.75) is 64.3 Å². The number of unbranched alkanes of at least 4 members (excludes halogenated alkanes) is 3. The maximum Gasteiger partial charge on any atom is 0.573 e. The van der Waals surface area contributed by atoms with Crippen LogP contribution in [0.25, 0.3) is 10.6 Å². The molecule has 4 nitrogen and oxygen atoms in total. The lowest BCUT2D eigenvalue weighted by molar-refractivity contribution is -0.274. The molecule has 1 saturated heterocycles. The van der Waals surface area contributed by atoms with E-state index in [1.807, 2.05) is 5.38 Å². The number of thiazole rings is 1. The van der Waals surface area contributed by atoms with Crippen LogP contribution in [0.5, 0.6) is 5.75 Å². The summed E-state index contributed by atoms with van der Waals surface area (Å²) in [6.45, 7) is 3.47. The number of hydrogen-bond donors (Lipinski definition) is 1. The van der Waals surface area contributed by atoms with Crippen LogP contribution in [0, 0.1) is 5.92 Å². The third-order valence-electron chi connectivity index (χ3n) is 5.42. The van der Waals surface area contributed by atoms with Gasteiger partial charge in [0.15, 0.2) is 0 Å². The molecule has 1 N–H and O–H groups in total. The van der Waals surface area contributed by atoms with Crippen molar-refractivity contribution in [2.75, 3.05) is 19.7 Å². The van der Waals surface area contributed by atoms with Crippen molar-refractivity contribution < 1.29 is 22.6 Å². The van der Waals surface area contributed by atoms with Gasteiger partial charge in [0.05, 0.1) is 12.3 Å². The molecule has 0 spiro atoms. The molecule has 1 aliphatic heterocycles. The molecule has 1 atom stereocenters. The number of rotatable bonds is 11. The molecule has 172 valence electrons. The molecule has 0 saturated carbocycles. The van der Waals surface area contributed by atoms with Crippen LogP contribution in [0.2, 0.25) is 0 Å². The van der Waals surface area contributed by atoms with Gasteiger partial charge in [-0.3, -0.25) is 0 Å². The van der Waals surface area contributed by atoms with Gasteiger partial charge in [-0.2, -0.15) is 0 Å². The lowest BCUT2D eigenvalue weighted by Gasteiger charge is -2.13. The maximum absolute atomic E-state index is 12.4. The second kappa shape index (κ2) is 12.4. The maximum atomic E-state index is 12.4. The highest BCUT2D eigenvalue weighted by Crippen LogP contribution is 2.30. The number of ether oxygens (including phenoxy) is 2. The van der Waals surface area contributed by atoms with E-state index in [1.54, 1.807) is 6.07 Å².